The second-order valence-electron chi connectivity index (χ2n) is 5.18. The lowest BCUT2D eigenvalue weighted by Gasteiger charge is -2.10. The summed E-state index contributed by atoms with van der Waals surface area (Å²) >= 11 is 5.90. The Balaban J connectivity index is 2.15. The van der Waals surface area contributed by atoms with E-state index in [0.717, 1.165) is 12.8 Å². The molecule has 0 spiro atoms. The number of aromatic nitrogens is 2. The van der Waals surface area contributed by atoms with Crippen LogP contribution < -0.4 is 5.56 Å². The molecule has 1 fully saturated rings. The fraction of sp³-hybridized carbons (Fsp3) is 0.286. The molecular weight excluding hydrogens is 264 g/mol. The summed E-state index contributed by atoms with van der Waals surface area (Å²) in [4.78, 5) is 19.0. The molecule has 0 saturated heterocycles. The van der Waals surface area contributed by atoms with Gasteiger partial charge in [-0.25, -0.2) is 0 Å². The Hall–Kier alpha value is -1.81. The van der Waals surface area contributed by atoms with Gasteiger partial charge in [0, 0.05) is 10.4 Å². The quantitative estimate of drug-likeness (QED) is 0.886. The maximum Gasteiger partial charge on any atom is 0.262 e. The highest BCUT2D eigenvalue weighted by Crippen LogP contribution is 2.46. The van der Waals surface area contributed by atoms with Crippen molar-refractivity contribution < 1.29 is 5.11 Å². The predicted molar refractivity (Wildman–Crippen MR) is 73.6 cm³/mol. The van der Waals surface area contributed by atoms with E-state index in [1.165, 1.54) is 0 Å². The third kappa shape index (κ3) is 2.12. The van der Waals surface area contributed by atoms with Crippen molar-refractivity contribution in [2.24, 2.45) is 0 Å². The molecular formula is C14H13ClN2O2. The van der Waals surface area contributed by atoms with Gasteiger partial charge in [0.25, 0.3) is 5.56 Å². The molecule has 0 bridgehead atoms. The first-order valence-corrected chi connectivity index (χ1v) is 6.47. The van der Waals surface area contributed by atoms with Gasteiger partial charge in [-0.1, -0.05) is 30.7 Å². The van der Waals surface area contributed by atoms with Gasteiger partial charge in [0.1, 0.15) is 11.4 Å². The molecule has 3 rings (SSSR count). The monoisotopic (exact) mass is 276 g/mol. The number of hydrogen-bond acceptors (Lipinski definition) is 3. The predicted octanol–water partition coefficient (Wildman–Crippen LogP) is 2.85. The van der Waals surface area contributed by atoms with Crippen LogP contribution in [0.3, 0.4) is 0 Å². The van der Waals surface area contributed by atoms with Crippen LogP contribution in [0.1, 0.15) is 25.6 Å². The van der Waals surface area contributed by atoms with Gasteiger partial charge in [0.15, 0.2) is 0 Å². The lowest BCUT2D eigenvalue weighted by atomic mass is 10.1. The van der Waals surface area contributed by atoms with E-state index in [-0.39, 0.29) is 22.4 Å². The third-order valence-electron chi connectivity index (χ3n) is 3.59. The van der Waals surface area contributed by atoms with Crippen LogP contribution in [0.4, 0.5) is 0 Å². The van der Waals surface area contributed by atoms with E-state index in [1.807, 2.05) is 6.92 Å². The van der Waals surface area contributed by atoms with Crippen molar-refractivity contribution in [1.82, 2.24) is 9.97 Å². The summed E-state index contributed by atoms with van der Waals surface area (Å²) in [6, 6.07) is 6.79. The molecule has 1 aromatic heterocycles. The number of halogens is 1. The van der Waals surface area contributed by atoms with Gasteiger partial charge in [-0.05, 0) is 30.5 Å². The number of H-pyrrole nitrogens is 1. The first-order chi connectivity index (χ1) is 8.99. The second-order valence-corrected chi connectivity index (χ2v) is 5.62. The van der Waals surface area contributed by atoms with Crippen molar-refractivity contribution in [1.29, 1.82) is 0 Å². The van der Waals surface area contributed by atoms with Crippen LogP contribution >= 0.6 is 11.6 Å². The lowest BCUT2D eigenvalue weighted by Crippen LogP contribution is -2.18. The zero-order chi connectivity index (χ0) is 13.6. The summed E-state index contributed by atoms with van der Waals surface area (Å²) in [5.41, 5.74) is 0.295. The molecule has 1 saturated carbocycles. The van der Waals surface area contributed by atoms with Crippen LogP contribution in [0.5, 0.6) is 5.88 Å². The number of hydrogen-bond donors (Lipinski definition) is 2. The van der Waals surface area contributed by atoms with Gasteiger partial charge in [0.05, 0.1) is 0 Å². The molecule has 4 nitrogen and oxygen atoms in total. The summed E-state index contributed by atoms with van der Waals surface area (Å²) in [7, 11) is 0. The molecule has 0 amide bonds. The Morgan fingerprint density at radius 1 is 1.42 bits per heavy atom. The van der Waals surface area contributed by atoms with Crippen molar-refractivity contribution in [2.45, 2.75) is 25.2 Å². The number of nitrogens with zero attached hydrogens (tertiary/aromatic N) is 1. The van der Waals surface area contributed by atoms with Crippen LogP contribution in [-0.4, -0.2) is 15.1 Å². The first kappa shape index (κ1) is 12.2. The van der Waals surface area contributed by atoms with Crippen molar-refractivity contribution in [3.8, 4) is 17.0 Å². The zero-order valence-electron chi connectivity index (χ0n) is 10.4. The van der Waals surface area contributed by atoms with Crippen LogP contribution in [0.2, 0.25) is 5.02 Å². The van der Waals surface area contributed by atoms with Gasteiger partial charge >= 0.3 is 0 Å². The number of nitrogens with one attached hydrogen (secondary N) is 1. The van der Waals surface area contributed by atoms with Crippen LogP contribution in [-0.2, 0) is 5.41 Å². The Labute approximate surface area is 115 Å². The zero-order valence-corrected chi connectivity index (χ0v) is 11.2. The van der Waals surface area contributed by atoms with Crippen LogP contribution in [0.25, 0.3) is 11.1 Å². The molecule has 98 valence electrons. The average molecular weight is 277 g/mol. The van der Waals surface area contributed by atoms with Gasteiger partial charge in [0.2, 0.25) is 5.88 Å². The molecule has 0 radical (unpaired) electrons. The average Bonchev–Trinajstić information content (AvgIpc) is 3.08. The first-order valence-electron chi connectivity index (χ1n) is 6.09. The highest BCUT2D eigenvalue weighted by atomic mass is 35.5. The fourth-order valence-corrected chi connectivity index (χ4v) is 2.27. The molecule has 1 aliphatic rings. The van der Waals surface area contributed by atoms with Gasteiger partial charge in [-0.3, -0.25) is 4.79 Å². The van der Waals surface area contributed by atoms with Gasteiger partial charge in [-0.15, -0.1) is 0 Å². The lowest BCUT2D eigenvalue weighted by molar-refractivity contribution is 0.446. The minimum atomic E-state index is -0.335. The van der Waals surface area contributed by atoms with Crippen molar-refractivity contribution in [3.05, 3.63) is 45.5 Å². The molecule has 0 atom stereocenters. The minimum absolute atomic E-state index is 0.0937. The maximum atomic E-state index is 12.1. The molecule has 0 unspecified atom stereocenters. The number of benzene rings is 1. The summed E-state index contributed by atoms with van der Waals surface area (Å²) in [5, 5.41) is 10.5. The molecule has 1 heterocycles. The van der Waals surface area contributed by atoms with E-state index in [0.29, 0.717) is 16.4 Å². The van der Waals surface area contributed by atoms with Crippen molar-refractivity contribution in [3.63, 3.8) is 0 Å². The molecule has 0 aliphatic heterocycles. The van der Waals surface area contributed by atoms with Crippen molar-refractivity contribution >= 4 is 11.6 Å². The second kappa shape index (κ2) is 4.10. The highest BCUT2D eigenvalue weighted by molar-refractivity contribution is 6.30. The molecule has 2 aromatic rings. The molecule has 19 heavy (non-hydrogen) atoms. The largest absolute Gasteiger partial charge is 0.493 e. The van der Waals surface area contributed by atoms with Crippen LogP contribution in [0, 0.1) is 0 Å². The smallest absolute Gasteiger partial charge is 0.262 e. The van der Waals surface area contributed by atoms with E-state index >= 15 is 0 Å². The SMILES string of the molecule is CC1(c2nc(O)c(-c3cccc(Cl)c3)c(=O)[nH]2)CC1. The molecule has 1 aliphatic carbocycles. The van der Waals surface area contributed by atoms with E-state index < -0.39 is 0 Å². The third-order valence-corrected chi connectivity index (χ3v) is 3.82. The van der Waals surface area contributed by atoms with Gasteiger partial charge < -0.3 is 10.1 Å². The fourth-order valence-electron chi connectivity index (χ4n) is 2.08. The van der Waals surface area contributed by atoms with E-state index in [4.69, 9.17) is 11.6 Å². The summed E-state index contributed by atoms with van der Waals surface area (Å²) < 4.78 is 0. The maximum absolute atomic E-state index is 12.1. The molecule has 5 heteroatoms. The van der Waals surface area contributed by atoms with E-state index in [1.54, 1.807) is 24.3 Å². The Morgan fingerprint density at radius 3 is 2.74 bits per heavy atom. The Morgan fingerprint density at radius 2 is 2.16 bits per heavy atom. The summed E-state index contributed by atoms with van der Waals surface area (Å²) in [6.45, 7) is 2.02. The summed E-state index contributed by atoms with van der Waals surface area (Å²) in [5.74, 6) is 0.315. The summed E-state index contributed by atoms with van der Waals surface area (Å²) in [6.07, 6.45) is 1.96. The number of rotatable bonds is 2. The molecule has 1 aromatic carbocycles. The van der Waals surface area contributed by atoms with Crippen LogP contribution in [0.15, 0.2) is 29.1 Å². The number of aromatic amines is 1. The van der Waals surface area contributed by atoms with E-state index in [2.05, 4.69) is 9.97 Å². The topological polar surface area (TPSA) is 66.0 Å². The number of aromatic hydroxyl groups is 1. The van der Waals surface area contributed by atoms with Crippen molar-refractivity contribution in [2.75, 3.05) is 0 Å². The molecule has 2 N–H and O–H groups in total. The minimum Gasteiger partial charge on any atom is -0.493 e. The van der Waals surface area contributed by atoms with Gasteiger partial charge in [-0.2, -0.15) is 4.98 Å². The van der Waals surface area contributed by atoms with E-state index in [9.17, 15) is 9.90 Å². The Bertz CT molecular complexity index is 705. The highest BCUT2D eigenvalue weighted by Gasteiger charge is 2.42. The Kier molecular flexibility index (Phi) is 2.64. The standard InChI is InChI=1S/C14H13ClN2O2/c1-14(5-6-14)13-16-11(18)10(12(19)17-13)8-3-2-4-9(15)7-8/h2-4,7H,5-6H2,1H3,(H2,16,17,18,19). The normalized spacial score (nSPS) is 16.3.